The van der Waals surface area contributed by atoms with E-state index in [-0.39, 0.29) is 17.2 Å². The second kappa shape index (κ2) is 3.62. The predicted molar refractivity (Wildman–Crippen MR) is 66.9 cm³/mol. The molecule has 2 nitrogen and oxygen atoms in total. The van der Waals surface area contributed by atoms with Crippen molar-refractivity contribution in [2.24, 2.45) is 0 Å². The van der Waals surface area contributed by atoms with E-state index in [2.05, 4.69) is 32.2 Å². The maximum Gasteiger partial charge on any atom is 0.159 e. The Bertz CT molecular complexity index is 429. The van der Waals surface area contributed by atoms with Crippen LogP contribution in [0.25, 0.3) is 0 Å². The molecule has 86 valence electrons. The van der Waals surface area contributed by atoms with Gasteiger partial charge in [-0.2, -0.15) is 0 Å². The summed E-state index contributed by atoms with van der Waals surface area (Å²) in [7, 11) is 0. The van der Waals surface area contributed by atoms with Crippen LogP contribution in [0.5, 0.6) is 0 Å². The highest BCUT2D eigenvalue weighted by atomic mass is 16.1. The van der Waals surface area contributed by atoms with Gasteiger partial charge >= 0.3 is 0 Å². The Labute approximate surface area is 97.1 Å². The smallest absolute Gasteiger partial charge is 0.159 e. The van der Waals surface area contributed by atoms with Gasteiger partial charge in [0.1, 0.15) is 0 Å². The van der Waals surface area contributed by atoms with Crippen LogP contribution < -0.4 is 5.32 Å². The molecule has 0 aromatic heterocycles. The number of carbonyl (C=O) groups excluding carboxylic acids is 1. The van der Waals surface area contributed by atoms with E-state index in [0.29, 0.717) is 6.42 Å². The number of anilines is 1. The lowest BCUT2D eigenvalue weighted by Gasteiger charge is -2.30. The quantitative estimate of drug-likeness (QED) is 0.724. The zero-order valence-electron chi connectivity index (χ0n) is 10.4. The van der Waals surface area contributed by atoms with Gasteiger partial charge in [0, 0.05) is 12.1 Å². The van der Waals surface area contributed by atoms with Crippen molar-refractivity contribution in [1.29, 1.82) is 0 Å². The first-order valence-corrected chi connectivity index (χ1v) is 5.81. The van der Waals surface area contributed by atoms with E-state index in [1.54, 1.807) is 0 Å². The average molecular weight is 217 g/mol. The Balaban J connectivity index is 2.53. The van der Waals surface area contributed by atoms with Crippen molar-refractivity contribution in [2.45, 2.75) is 45.6 Å². The van der Waals surface area contributed by atoms with Crippen LogP contribution in [-0.4, -0.2) is 11.8 Å². The fraction of sp³-hybridized carbons (Fsp3) is 0.500. The lowest BCUT2D eigenvalue weighted by atomic mass is 9.82. The molecule has 1 aliphatic rings. The molecule has 2 heteroatoms. The monoisotopic (exact) mass is 217 g/mol. The Hall–Kier alpha value is -1.31. The van der Waals surface area contributed by atoms with E-state index in [1.165, 1.54) is 11.3 Å². The van der Waals surface area contributed by atoms with Crippen LogP contribution in [0.2, 0.25) is 0 Å². The second-order valence-electron chi connectivity index (χ2n) is 5.60. The third kappa shape index (κ3) is 1.84. The zero-order chi connectivity index (χ0) is 11.9. The first kappa shape index (κ1) is 11.2. The number of hydrogen-bond acceptors (Lipinski definition) is 2. The fourth-order valence-corrected chi connectivity index (χ4v) is 2.18. The highest BCUT2D eigenvalue weighted by Gasteiger charge is 2.27. The SMILES string of the molecule is C[C@H]1Nc2c(cccc2C(C)(C)C)CC1=O. The Kier molecular flexibility index (Phi) is 2.53. The summed E-state index contributed by atoms with van der Waals surface area (Å²) in [6.45, 7) is 8.53. The number of fused-ring (bicyclic) bond motifs is 1. The first-order valence-electron chi connectivity index (χ1n) is 5.81. The summed E-state index contributed by atoms with van der Waals surface area (Å²) in [6.07, 6.45) is 0.563. The molecule has 1 aromatic carbocycles. The number of benzene rings is 1. The van der Waals surface area contributed by atoms with Gasteiger partial charge in [0.2, 0.25) is 0 Å². The number of Topliss-reactive ketones (excluding diaryl/α,β-unsaturated/α-hetero) is 1. The van der Waals surface area contributed by atoms with E-state index in [1.807, 2.05) is 19.1 Å². The molecule has 0 fully saturated rings. The van der Waals surface area contributed by atoms with Gasteiger partial charge in [0.05, 0.1) is 6.04 Å². The Morgan fingerprint density at radius 3 is 2.62 bits per heavy atom. The highest BCUT2D eigenvalue weighted by Crippen LogP contribution is 2.34. The van der Waals surface area contributed by atoms with Crippen molar-refractivity contribution >= 4 is 11.5 Å². The maximum atomic E-state index is 11.7. The maximum absolute atomic E-state index is 11.7. The third-order valence-electron chi connectivity index (χ3n) is 3.17. The molecule has 16 heavy (non-hydrogen) atoms. The number of rotatable bonds is 0. The average Bonchev–Trinajstić information content (AvgIpc) is 2.17. The molecule has 1 atom stereocenters. The van der Waals surface area contributed by atoms with Gasteiger partial charge in [0.25, 0.3) is 0 Å². The van der Waals surface area contributed by atoms with Gasteiger partial charge < -0.3 is 5.32 Å². The summed E-state index contributed by atoms with van der Waals surface area (Å²) in [4.78, 5) is 11.7. The van der Waals surface area contributed by atoms with Crippen molar-refractivity contribution in [2.75, 3.05) is 5.32 Å². The summed E-state index contributed by atoms with van der Waals surface area (Å²) in [5.41, 5.74) is 3.71. The molecule has 2 rings (SSSR count). The summed E-state index contributed by atoms with van der Waals surface area (Å²) in [6, 6.07) is 6.18. The van der Waals surface area contributed by atoms with Crippen molar-refractivity contribution in [3.8, 4) is 0 Å². The highest BCUT2D eigenvalue weighted by molar-refractivity contribution is 5.93. The summed E-state index contributed by atoms with van der Waals surface area (Å²) < 4.78 is 0. The van der Waals surface area contributed by atoms with E-state index < -0.39 is 0 Å². The molecule has 0 spiro atoms. The standard InChI is InChI=1S/C14H19NO/c1-9-12(16)8-10-6-5-7-11(13(10)15-9)14(2,3)4/h5-7,9,15H,8H2,1-4H3/t9-/m1/s1. The van der Waals surface area contributed by atoms with E-state index in [9.17, 15) is 4.79 Å². The summed E-state index contributed by atoms with van der Waals surface area (Å²) >= 11 is 0. The molecule has 0 radical (unpaired) electrons. The van der Waals surface area contributed by atoms with E-state index >= 15 is 0 Å². The van der Waals surface area contributed by atoms with E-state index in [0.717, 1.165) is 5.56 Å². The van der Waals surface area contributed by atoms with Crippen LogP contribution in [-0.2, 0) is 16.6 Å². The largest absolute Gasteiger partial charge is 0.375 e. The molecule has 1 aromatic rings. The van der Waals surface area contributed by atoms with Gasteiger partial charge in [-0.25, -0.2) is 0 Å². The number of hydrogen-bond donors (Lipinski definition) is 1. The minimum absolute atomic E-state index is 0.0593. The van der Waals surface area contributed by atoms with Crippen LogP contribution in [0.4, 0.5) is 5.69 Å². The zero-order valence-corrected chi connectivity index (χ0v) is 10.4. The lowest BCUT2D eigenvalue weighted by Crippen LogP contribution is -2.34. The Morgan fingerprint density at radius 1 is 1.31 bits per heavy atom. The molecule has 0 unspecified atom stereocenters. The van der Waals surface area contributed by atoms with Crippen molar-refractivity contribution in [3.63, 3.8) is 0 Å². The molecule has 0 saturated heterocycles. The molecular formula is C14H19NO. The molecule has 1 aliphatic heterocycles. The minimum Gasteiger partial charge on any atom is -0.375 e. The topological polar surface area (TPSA) is 29.1 Å². The molecule has 1 heterocycles. The molecule has 0 amide bonds. The molecule has 0 aliphatic carbocycles. The number of para-hydroxylation sites is 1. The van der Waals surface area contributed by atoms with E-state index in [4.69, 9.17) is 0 Å². The lowest BCUT2D eigenvalue weighted by molar-refractivity contribution is -0.119. The first-order chi connectivity index (χ1) is 7.39. The van der Waals surface area contributed by atoms with Gasteiger partial charge in [-0.1, -0.05) is 39.0 Å². The summed E-state index contributed by atoms with van der Waals surface area (Å²) in [5.74, 6) is 0.276. The van der Waals surface area contributed by atoms with Gasteiger partial charge in [-0.3, -0.25) is 4.79 Å². The molecule has 0 saturated carbocycles. The second-order valence-corrected chi connectivity index (χ2v) is 5.60. The number of carbonyl (C=O) groups is 1. The minimum atomic E-state index is -0.0593. The van der Waals surface area contributed by atoms with Gasteiger partial charge in [0.15, 0.2) is 5.78 Å². The van der Waals surface area contributed by atoms with Crippen LogP contribution in [0.1, 0.15) is 38.8 Å². The Morgan fingerprint density at radius 2 is 2.00 bits per heavy atom. The molecular weight excluding hydrogens is 198 g/mol. The number of ketones is 1. The van der Waals surface area contributed by atoms with Crippen LogP contribution in [0.15, 0.2) is 18.2 Å². The van der Waals surface area contributed by atoms with Crippen LogP contribution in [0.3, 0.4) is 0 Å². The van der Waals surface area contributed by atoms with Crippen LogP contribution >= 0.6 is 0 Å². The van der Waals surface area contributed by atoms with Crippen molar-refractivity contribution in [1.82, 2.24) is 0 Å². The van der Waals surface area contributed by atoms with Crippen molar-refractivity contribution < 1.29 is 4.79 Å². The normalized spacial score (nSPS) is 20.2. The summed E-state index contributed by atoms with van der Waals surface area (Å²) in [5, 5.41) is 3.34. The fourth-order valence-electron chi connectivity index (χ4n) is 2.18. The molecule has 1 N–H and O–H groups in total. The number of nitrogens with one attached hydrogen (secondary N) is 1. The third-order valence-corrected chi connectivity index (χ3v) is 3.17. The molecule has 0 bridgehead atoms. The predicted octanol–water partition coefficient (Wildman–Crippen LogP) is 2.91. The van der Waals surface area contributed by atoms with Crippen LogP contribution in [0, 0.1) is 0 Å². The van der Waals surface area contributed by atoms with Crippen molar-refractivity contribution in [3.05, 3.63) is 29.3 Å². The van der Waals surface area contributed by atoms with Gasteiger partial charge in [-0.05, 0) is 23.5 Å². The van der Waals surface area contributed by atoms with Gasteiger partial charge in [-0.15, -0.1) is 0 Å².